The molecule has 1 aliphatic heterocycles. The molecule has 0 spiro atoms. The van der Waals surface area contributed by atoms with Gasteiger partial charge in [-0.05, 0) is 42.5 Å². The highest BCUT2D eigenvalue weighted by Crippen LogP contribution is 2.16. The molecule has 0 unspecified atom stereocenters. The Morgan fingerprint density at radius 2 is 1.73 bits per heavy atom. The zero-order valence-corrected chi connectivity index (χ0v) is 16.4. The van der Waals surface area contributed by atoms with Crippen LogP contribution in [0.4, 0.5) is 0 Å². The van der Waals surface area contributed by atoms with Crippen molar-refractivity contribution in [3.05, 3.63) is 70.2 Å². The second-order valence-electron chi connectivity index (χ2n) is 6.60. The van der Waals surface area contributed by atoms with Gasteiger partial charge in [0.05, 0.1) is 0 Å². The van der Waals surface area contributed by atoms with Gasteiger partial charge in [0.1, 0.15) is 0 Å². The molecule has 2 atom stereocenters. The first kappa shape index (κ1) is 19.1. The molecule has 1 fully saturated rings. The van der Waals surface area contributed by atoms with Gasteiger partial charge in [0.2, 0.25) is 0 Å². The minimum atomic E-state index is -0.448. The summed E-state index contributed by atoms with van der Waals surface area (Å²) >= 11 is 3.46. The Morgan fingerprint density at radius 3 is 2.50 bits per heavy atom. The molecule has 0 radical (unpaired) electrons. The van der Waals surface area contributed by atoms with Crippen molar-refractivity contribution in [2.45, 2.75) is 44.5 Å². The molecule has 2 aromatic carbocycles. The third kappa shape index (κ3) is 5.66. The number of nitrogens with one attached hydrogen (secondary N) is 2. The van der Waals surface area contributed by atoms with Gasteiger partial charge in [-0.2, -0.15) is 0 Å². The summed E-state index contributed by atoms with van der Waals surface area (Å²) in [4.78, 5) is 12.7. The maximum Gasteiger partial charge on any atom is 0.251 e. The average Bonchev–Trinajstić information content (AvgIpc) is 2.92. The second-order valence-corrected chi connectivity index (χ2v) is 7.52. The molecule has 1 heterocycles. The lowest BCUT2D eigenvalue weighted by atomic mass is 10.0. The van der Waals surface area contributed by atoms with Crippen molar-refractivity contribution < 1.29 is 9.53 Å². The fraction of sp³-hybridized carbons (Fsp3) is 0.381. The zero-order valence-electron chi connectivity index (χ0n) is 14.8. The van der Waals surface area contributed by atoms with E-state index in [0.717, 1.165) is 35.8 Å². The first-order chi connectivity index (χ1) is 12.7. The van der Waals surface area contributed by atoms with Crippen LogP contribution in [0, 0.1) is 0 Å². The van der Waals surface area contributed by atoms with Crippen LogP contribution in [0.5, 0.6) is 0 Å². The average molecular weight is 417 g/mol. The van der Waals surface area contributed by atoms with Crippen molar-refractivity contribution in [2.24, 2.45) is 0 Å². The van der Waals surface area contributed by atoms with Crippen LogP contribution in [0.2, 0.25) is 0 Å². The Bertz CT molecular complexity index is 691. The van der Waals surface area contributed by atoms with Gasteiger partial charge in [-0.15, -0.1) is 0 Å². The highest BCUT2D eigenvalue weighted by atomic mass is 79.9. The van der Waals surface area contributed by atoms with Crippen LogP contribution in [-0.4, -0.2) is 24.7 Å². The van der Waals surface area contributed by atoms with E-state index in [2.05, 4.69) is 38.7 Å². The number of ether oxygens (including phenoxy) is 1. The molecule has 0 aliphatic carbocycles. The summed E-state index contributed by atoms with van der Waals surface area (Å²) in [6.07, 6.45) is 2.57. The topological polar surface area (TPSA) is 50.4 Å². The predicted molar refractivity (Wildman–Crippen MR) is 107 cm³/mol. The molecule has 138 valence electrons. The van der Waals surface area contributed by atoms with Gasteiger partial charge in [0, 0.05) is 30.2 Å². The maximum absolute atomic E-state index is 12.7. The van der Waals surface area contributed by atoms with Crippen LogP contribution in [-0.2, 0) is 22.6 Å². The first-order valence-corrected chi connectivity index (χ1v) is 9.93. The molecule has 1 aliphatic rings. The summed E-state index contributed by atoms with van der Waals surface area (Å²) in [5, 5.41) is 6.55. The summed E-state index contributed by atoms with van der Waals surface area (Å²) in [6.45, 7) is 1.89. The van der Waals surface area contributed by atoms with E-state index in [1.165, 1.54) is 5.56 Å². The van der Waals surface area contributed by atoms with Gasteiger partial charge < -0.3 is 15.4 Å². The van der Waals surface area contributed by atoms with Crippen molar-refractivity contribution >= 4 is 21.8 Å². The molecule has 3 rings (SSSR count). The lowest BCUT2D eigenvalue weighted by Gasteiger charge is -2.25. The molecule has 4 nitrogen and oxygen atoms in total. The predicted octanol–water partition coefficient (Wildman–Crippen LogP) is 3.79. The Kier molecular flexibility index (Phi) is 7.23. The summed E-state index contributed by atoms with van der Waals surface area (Å²) in [7, 11) is 0. The molecule has 26 heavy (non-hydrogen) atoms. The minimum Gasteiger partial charge on any atom is -0.367 e. The molecule has 0 saturated carbocycles. The summed E-state index contributed by atoms with van der Waals surface area (Å²) in [6, 6.07) is 18.2. The lowest BCUT2D eigenvalue weighted by molar-refractivity contribution is -0.134. The van der Waals surface area contributed by atoms with E-state index in [1.54, 1.807) is 0 Å². The molecular formula is C21H25BrN2O2. The van der Waals surface area contributed by atoms with Crippen molar-refractivity contribution in [3.8, 4) is 0 Å². The fourth-order valence-electron chi connectivity index (χ4n) is 3.15. The number of halogens is 1. The molecule has 0 bridgehead atoms. The molecule has 0 aromatic heterocycles. The number of hydrogen-bond donors (Lipinski definition) is 2. The largest absolute Gasteiger partial charge is 0.367 e. The van der Waals surface area contributed by atoms with E-state index < -0.39 is 6.10 Å². The number of rotatable bonds is 6. The first-order valence-electron chi connectivity index (χ1n) is 9.13. The lowest BCUT2D eigenvalue weighted by Crippen LogP contribution is -2.49. The van der Waals surface area contributed by atoms with E-state index in [0.29, 0.717) is 13.2 Å². The fourth-order valence-corrected chi connectivity index (χ4v) is 3.41. The highest BCUT2D eigenvalue weighted by Gasteiger charge is 2.30. The van der Waals surface area contributed by atoms with Gasteiger partial charge in [-0.25, -0.2) is 0 Å². The van der Waals surface area contributed by atoms with Crippen LogP contribution in [0.15, 0.2) is 59.1 Å². The van der Waals surface area contributed by atoms with E-state index in [-0.39, 0.29) is 11.9 Å². The normalized spacial score (nSPS) is 20.3. The quantitative estimate of drug-likeness (QED) is 0.752. The second kappa shape index (κ2) is 9.86. The van der Waals surface area contributed by atoms with Crippen molar-refractivity contribution in [1.82, 2.24) is 10.6 Å². The van der Waals surface area contributed by atoms with E-state index >= 15 is 0 Å². The number of amides is 1. The van der Waals surface area contributed by atoms with Gasteiger partial charge in [0.15, 0.2) is 6.10 Å². The van der Waals surface area contributed by atoms with Gasteiger partial charge >= 0.3 is 0 Å². The van der Waals surface area contributed by atoms with Crippen LogP contribution < -0.4 is 10.6 Å². The van der Waals surface area contributed by atoms with Crippen molar-refractivity contribution in [3.63, 3.8) is 0 Å². The summed E-state index contributed by atoms with van der Waals surface area (Å²) in [5.74, 6) is -0.0379. The SMILES string of the molecule is O=C(NCc1ccccc1)[C@@H]1OCCCC[C@@H]1NCc1ccc(Br)cc1. The number of benzene rings is 2. The van der Waals surface area contributed by atoms with Crippen LogP contribution in [0.25, 0.3) is 0 Å². The third-order valence-electron chi connectivity index (χ3n) is 4.62. The van der Waals surface area contributed by atoms with Crippen LogP contribution in [0.3, 0.4) is 0 Å². The standard InChI is InChI=1S/C21H25BrN2O2/c22-18-11-9-17(10-12-18)14-23-19-8-4-5-13-26-20(19)21(25)24-15-16-6-2-1-3-7-16/h1-3,6-7,9-12,19-20,23H,4-5,8,13-15H2,(H,24,25)/t19-,20+/m0/s1. The zero-order chi connectivity index (χ0) is 18.2. The summed E-state index contributed by atoms with van der Waals surface area (Å²) in [5.41, 5.74) is 2.29. The monoisotopic (exact) mass is 416 g/mol. The molecule has 1 amide bonds. The van der Waals surface area contributed by atoms with E-state index in [9.17, 15) is 4.79 Å². The molecular weight excluding hydrogens is 392 g/mol. The number of hydrogen-bond acceptors (Lipinski definition) is 3. The Balaban J connectivity index is 1.58. The highest BCUT2D eigenvalue weighted by molar-refractivity contribution is 9.10. The van der Waals surface area contributed by atoms with Crippen molar-refractivity contribution in [1.29, 1.82) is 0 Å². The Hall–Kier alpha value is -1.69. The van der Waals surface area contributed by atoms with Crippen molar-refractivity contribution in [2.75, 3.05) is 6.61 Å². The number of carbonyl (C=O) groups is 1. The van der Waals surface area contributed by atoms with E-state index in [4.69, 9.17) is 4.74 Å². The maximum atomic E-state index is 12.7. The third-order valence-corrected chi connectivity index (χ3v) is 5.15. The number of carbonyl (C=O) groups excluding carboxylic acids is 1. The molecule has 5 heteroatoms. The van der Waals surface area contributed by atoms with Crippen LogP contribution in [0.1, 0.15) is 30.4 Å². The smallest absolute Gasteiger partial charge is 0.251 e. The Labute approximate surface area is 163 Å². The van der Waals surface area contributed by atoms with Gasteiger partial charge in [-0.1, -0.05) is 58.4 Å². The van der Waals surface area contributed by atoms with Gasteiger partial charge in [0.25, 0.3) is 5.91 Å². The van der Waals surface area contributed by atoms with Crippen LogP contribution >= 0.6 is 15.9 Å². The molecule has 2 aromatic rings. The van der Waals surface area contributed by atoms with Gasteiger partial charge in [-0.3, -0.25) is 4.79 Å². The summed E-state index contributed by atoms with van der Waals surface area (Å²) < 4.78 is 6.96. The van der Waals surface area contributed by atoms with E-state index in [1.807, 2.05) is 42.5 Å². The Morgan fingerprint density at radius 1 is 1.00 bits per heavy atom. The molecule has 2 N–H and O–H groups in total. The minimum absolute atomic E-state index is 0.0249. The molecule has 1 saturated heterocycles.